The molecule has 0 aliphatic heterocycles. The molecular formula is C13H10ClN3O3S. The van der Waals surface area contributed by atoms with Gasteiger partial charge in [0, 0.05) is 21.5 Å². The second-order valence-electron chi connectivity index (χ2n) is 3.95. The zero-order valence-electron chi connectivity index (χ0n) is 10.6. The van der Waals surface area contributed by atoms with Crippen molar-refractivity contribution >= 4 is 34.9 Å². The first-order valence-electron chi connectivity index (χ1n) is 5.71. The van der Waals surface area contributed by atoms with E-state index >= 15 is 0 Å². The molecule has 2 aromatic rings. The maximum Gasteiger partial charge on any atom is 0.283 e. The maximum absolute atomic E-state index is 11.0. The fraction of sp³-hybridized carbons (Fsp3) is 0. The number of nitro benzene ring substituents is 1. The number of benzene rings is 2. The van der Waals surface area contributed by atoms with Crippen molar-refractivity contribution in [2.24, 2.45) is 10.9 Å². The van der Waals surface area contributed by atoms with Gasteiger partial charge in [0.1, 0.15) is 0 Å². The minimum atomic E-state index is -0.462. The lowest BCUT2D eigenvalue weighted by atomic mass is 10.2. The van der Waals surface area contributed by atoms with Crippen LogP contribution in [0.3, 0.4) is 0 Å². The lowest BCUT2D eigenvalue weighted by Gasteiger charge is -2.08. The first-order valence-corrected chi connectivity index (χ1v) is 6.91. The minimum Gasteiger partial charge on any atom is -0.409 e. The highest BCUT2D eigenvalue weighted by molar-refractivity contribution is 7.99. The SMILES string of the molecule is NC(=NO)c1ccc(Cl)cc1Sc1ccccc1[N+](=O)[O-]. The monoisotopic (exact) mass is 323 g/mol. The van der Waals surface area contributed by atoms with Gasteiger partial charge in [-0.15, -0.1) is 0 Å². The number of hydrogen-bond donors (Lipinski definition) is 2. The predicted molar refractivity (Wildman–Crippen MR) is 81.2 cm³/mol. The Morgan fingerprint density at radius 3 is 2.67 bits per heavy atom. The summed E-state index contributed by atoms with van der Waals surface area (Å²) in [5.74, 6) is -0.0900. The number of nitrogens with two attached hydrogens (primary N) is 1. The van der Waals surface area contributed by atoms with Crippen LogP contribution in [0.2, 0.25) is 5.02 Å². The zero-order chi connectivity index (χ0) is 15.4. The number of para-hydroxylation sites is 1. The van der Waals surface area contributed by atoms with Crippen molar-refractivity contribution in [1.82, 2.24) is 0 Å². The number of oxime groups is 1. The minimum absolute atomic E-state index is 0.0204. The summed E-state index contributed by atoms with van der Waals surface area (Å²) in [6.45, 7) is 0. The topological polar surface area (TPSA) is 102 Å². The number of halogens is 1. The molecule has 3 N–H and O–H groups in total. The van der Waals surface area contributed by atoms with Crippen LogP contribution in [0, 0.1) is 10.1 Å². The fourth-order valence-electron chi connectivity index (χ4n) is 1.66. The summed E-state index contributed by atoms with van der Waals surface area (Å²) in [6, 6.07) is 11.1. The van der Waals surface area contributed by atoms with E-state index in [4.69, 9.17) is 22.5 Å². The average Bonchev–Trinajstić information content (AvgIpc) is 2.47. The zero-order valence-corrected chi connectivity index (χ0v) is 12.1. The summed E-state index contributed by atoms with van der Waals surface area (Å²) in [6.07, 6.45) is 0. The lowest BCUT2D eigenvalue weighted by molar-refractivity contribution is -0.387. The van der Waals surface area contributed by atoms with Crippen LogP contribution in [-0.4, -0.2) is 16.0 Å². The van der Waals surface area contributed by atoms with E-state index in [0.29, 0.717) is 20.4 Å². The molecule has 0 amide bonds. The van der Waals surface area contributed by atoms with Crippen LogP contribution < -0.4 is 5.73 Å². The van der Waals surface area contributed by atoms with Gasteiger partial charge < -0.3 is 10.9 Å². The second-order valence-corrected chi connectivity index (χ2v) is 5.47. The fourth-order valence-corrected chi connectivity index (χ4v) is 2.99. The molecule has 0 saturated heterocycles. The first kappa shape index (κ1) is 15.1. The van der Waals surface area contributed by atoms with Gasteiger partial charge in [0.2, 0.25) is 0 Å². The molecule has 2 rings (SSSR count). The van der Waals surface area contributed by atoms with E-state index in [2.05, 4.69) is 5.16 Å². The molecule has 0 atom stereocenters. The molecule has 8 heteroatoms. The van der Waals surface area contributed by atoms with Gasteiger partial charge in [-0.05, 0) is 24.3 Å². The highest BCUT2D eigenvalue weighted by Crippen LogP contribution is 2.37. The van der Waals surface area contributed by atoms with E-state index in [0.717, 1.165) is 11.8 Å². The molecule has 0 spiro atoms. The largest absolute Gasteiger partial charge is 0.409 e. The molecule has 0 bridgehead atoms. The number of rotatable bonds is 4. The predicted octanol–water partition coefficient (Wildman–Crippen LogP) is 3.49. The van der Waals surface area contributed by atoms with Crippen molar-refractivity contribution in [3.8, 4) is 0 Å². The van der Waals surface area contributed by atoms with Crippen LogP contribution in [0.1, 0.15) is 5.56 Å². The van der Waals surface area contributed by atoms with Gasteiger partial charge in [0.15, 0.2) is 5.84 Å². The molecule has 0 unspecified atom stereocenters. The number of nitrogens with zero attached hydrogens (tertiary/aromatic N) is 2. The van der Waals surface area contributed by atoms with E-state index in [1.807, 2.05) is 0 Å². The van der Waals surface area contributed by atoms with Crippen LogP contribution in [0.4, 0.5) is 5.69 Å². The molecule has 0 aromatic heterocycles. The standard InChI is InChI=1S/C13H10ClN3O3S/c14-8-5-6-9(13(15)16-18)12(7-8)21-11-4-2-1-3-10(11)17(19)20/h1-7,18H,(H2,15,16). The third-order valence-electron chi connectivity index (χ3n) is 2.61. The van der Waals surface area contributed by atoms with E-state index < -0.39 is 4.92 Å². The summed E-state index contributed by atoms with van der Waals surface area (Å²) in [5, 5.41) is 23.2. The Labute approximate surface area is 129 Å². The van der Waals surface area contributed by atoms with Crippen LogP contribution >= 0.6 is 23.4 Å². The van der Waals surface area contributed by atoms with E-state index in [9.17, 15) is 10.1 Å². The van der Waals surface area contributed by atoms with Crippen LogP contribution in [0.25, 0.3) is 0 Å². The van der Waals surface area contributed by atoms with Crippen LogP contribution in [0.15, 0.2) is 57.4 Å². The van der Waals surface area contributed by atoms with Gasteiger partial charge in [-0.2, -0.15) is 0 Å². The second kappa shape index (κ2) is 6.47. The van der Waals surface area contributed by atoms with Gasteiger partial charge in [-0.3, -0.25) is 10.1 Å². The molecule has 0 fully saturated rings. The smallest absolute Gasteiger partial charge is 0.283 e. The van der Waals surface area contributed by atoms with Crippen LogP contribution in [-0.2, 0) is 0 Å². The quantitative estimate of drug-likeness (QED) is 0.295. The Balaban J connectivity index is 2.49. The molecule has 21 heavy (non-hydrogen) atoms. The third kappa shape index (κ3) is 3.45. The first-order chi connectivity index (χ1) is 10.0. The molecule has 0 aliphatic carbocycles. The van der Waals surface area contributed by atoms with Gasteiger partial charge in [-0.25, -0.2) is 0 Å². The number of nitro groups is 1. The van der Waals surface area contributed by atoms with E-state index in [-0.39, 0.29) is 11.5 Å². The Bertz CT molecular complexity index is 722. The molecule has 0 saturated carbocycles. The normalized spacial score (nSPS) is 11.4. The highest BCUT2D eigenvalue weighted by Gasteiger charge is 2.16. The van der Waals surface area contributed by atoms with Crippen molar-refractivity contribution < 1.29 is 10.1 Å². The molecule has 0 radical (unpaired) electrons. The van der Waals surface area contributed by atoms with Crippen molar-refractivity contribution in [2.45, 2.75) is 9.79 Å². The molecule has 2 aromatic carbocycles. The Kier molecular flexibility index (Phi) is 4.66. The van der Waals surface area contributed by atoms with E-state index in [1.165, 1.54) is 6.07 Å². The van der Waals surface area contributed by atoms with Gasteiger partial charge in [0.05, 0.1) is 9.82 Å². The van der Waals surface area contributed by atoms with E-state index in [1.54, 1.807) is 36.4 Å². The van der Waals surface area contributed by atoms with Crippen molar-refractivity contribution in [2.75, 3.05) is 0 Å². The number of amidine groups is 1. The Morgan fingerprint density at radius 1 is 1.29 bits per heavy atom. The summed E-state index contributed by atoms with van der Waals surface area (Å²) >= 11 is 7.07. The Morgan fingerprint density at radius 2 is 2.00 bits per heavy atom. The van der Waals surface area contributed by atoms with Crippen molar-refractivity contribution in [3.63, 3.8) is 0 Å². The summed E-state index contributed by atoms with van der Waals surface area (Å²) in [7, 11) is 0. The lowest BCUT2D eigenvalue weighted by Crippen LogP contribution is -2.14. The molecule has 6 nitrogen and oxygen atoms in total. The summed E-state index contributed by atoms with van der Waals surface area (Å²) in [4.78, 5) is 11.6. The third-order valence-corrected chi connectivity index (χ3v) is 3.97. The molecule has 0 aliphatic rings. The molecule has 108 valence electrons. The number of hydrogen-bond acceptors (Lipinski definition) is 5. The maximum atomic E-state index is 11.0. The van der Waals surface area contributed by atoms with Crippen molar-refractivity contribution in [3.05, 3.63) is 63.2 Å². The molecular weight excluding hydrogens is 314 g/mol. The Hall–Kier alpha value is -2.25. The van der Waals surface area contributed by atoms with Gasteiger partial charge in [0.25, 0.3) is 5.69 Å². The van der Waals surface area contributed by atoms with Crippen LogP contribution in [0.5, 0.6) is 0 Å². The van der Waals surface area contributed by atoms with Gasteiger partial charge in [-0.1, -0.05) is 40.7 Å². The van der Waals surface area contributed by atoms with Gasteiger partial charge >= 0.3 is 0 Å². The average molecular weight is 324 g/mol. The summed E-state index contributed by atoms with van der Waals surface area (Å²) < 4.78 is 0. The summed E-state index contributed by atoms with van der Waals surface area (Å²) in [5.41, 5.74) is 6.04. The molecule has 0 heterocycles. The van der Waals surface area contributed by atoms with Crippen molar-refractivity contribution in [1.29, 1.82) is 0 Å². The highest BCUT2D eigenvalue weighted by atomic mass is 35.5.